The van der Waals surface area contributed by atoms with Crippen LogP contribution in [0.2, 0.25) is 0 Å². The van der Waals surface area contributed by atoms with Crippen LogP contribution in [0.1, 0.15) is 21.9 Å². The van der Waals surface area contributed by atoms with Crippen molar-refractivity contribution in [2.45, 2.75) is 13.8 Å². The fourth-order valence-electron chi connectivity index (χ4n) is 2.76. The number of hydrogen-bond donors (Lipinski definition) is 1. The molecule has 2 aromatic rings. The summed E-state index contributed by atoms with van der Waals surface area (Å²) in [7, 11) is 2.07. The summed E-state index contributed by atoms with van der Waals surface area (Å²) in [6.07, 6.45) is 0. The maximum Gasteiger partial charge on any atom is 0.272 e. The Kier molecular flexibility index (Phi) is 4.76. The number of amides is 1. The van der Waals surface area contributed by atoms with E-state index in [0.29, 0.717) is 17.3 Å². The number of hydrogen-bond acceptors (Lipinski definition) is 5. The van der Waals surface area contributed by atoms with E-state index in [1.165, 1.54) is 0 Å². The lowest BCUT2D eigenvalue weighted by molar-refractivity contribution is 0.0658. The quantitative estimate of drug-likeness (QED) is 0.937. The molecule has 1 aliphatic heterocycles. The lowest BCUT2D eigenvalue weighted by Crippen LogP contribution is -2.47. The standard InChI is InChI=1S/C18H23N5O/c1-13-6-4-5-7-15(13)21-17-12-16(19-14(2)20-17)18(24)23-10-8-22(3)9-11-23/h4-7,12H,8-11H2,1-3H3,(H,19,20,21). The van der Waals surface area contributed by atoms with Gasteiger partial charge in [-0.3, -0.25) is 4.79 Å². The van der Waals surface area contributed by atoms with E-state index in [4.69, 9.17) is 0 Å². The Morgan fingerprint density at radius 3 is 2.50 bits per heavy atom. The van der Waals surface area contributed by atoms with Gasteiger partial charge in [-0.1, -0.05) is 18.2 Å². The van der Waals surface area contributed by atoms with Gasteiger partial charge < -0.3 is 15.1 Å². The SMILES string of the molecule is Cc1nc(Nc2ccccc2C)cc(C(=O)N2CCN(C)CC2)n1. The molecule has 126 valence electrons. The van der Waals surface area contributed by atoms with Gasteiger partial charge in [0.1, 0.15) is 17.3 Å². The maximum atomic E-state index is 12.7. The monoisotopic (exact) mass is 325 g/mol. The van der Waals surface area contributed by atoms with E-state index in [-0.39, 0.29) is 5.91 Å². The number of likely N-dealkylation sites (N-methyl/N-ethyl adjacent to an activating group) is 1. The van der Waals surface area contributed by atoms with E-state index in [1.54, 1.807) is 6.07 Å². The minimum atomic E-state index is -0.0265. The molecule has 0 unspecified atom stereocenters. The van der Waals surface area contributed by atoms with Gasteiger partial charge in [-0.05, 0) is 32.5 Å². The highest BCUT2D eigenvalue weighted by Crippen LogP contribution is 2.19. The number of anilines is 2. The number of aromatic nitrogens is 2. The van der Waals surface area contributed by atoms with Gasteiger partial charge in [0, 0.05) is 37.9 Å². The minimum absolute atomic E-state index is 0.0265. The zero-order chi connectivity index (χ0) is 17.1. The number of aryl methyl sites for hydroxylation is 2. The van der Waals surface area contributed by atoms with Gasteiger partial charge in [-0.25, -0.2) is 9.97 Å². The lowest BCUT2D eigenvalue weighted by Gasteiger charge is -2.32. The predicted molar refractivity (Wildman–Crippen MR) is 94.6 cm³/mol. The van der Waals surface area contributed by atoms with Crippen LogP contribution in [-0.2, 0) is 0 Å². The Bertz CT molecular complexity index is 738. The highest BCUT2D eigenvalue weighted by atomic mass is 16.2. The molecule has 6 nitrogen and oxygen atoms in total. The summed E-state index contributed by atoms with van der Waals surface area (Å²) in [5, 5.41) is 3.29. The molecule has 1 N–H and O–H groups in total. The molecule has 3 rings (SSSR count). The Morgan fingerprint density at radius 1 is 1.08 bits per heavy atom. The Balaban J connectivity index is 1.81. The molecule has 0 atom stereocenters. The number of para-hydroxylation sites is 1. The van der Waals surface area contributed by atoms with Crippen molar-refractivity contribution in [3.63, 3.8) is 0 Å². The van der Waals surface area contributed by atoms with E-state index in [2.05, 4.69) is 27.2 Å². The van der Waals surface area contributed by atoms with Crippen molar-refractivity contribution >= 4 is 17.4 Å². The zero-order valence-electron chi connectivity index (χ0n) is 14.4. The summed E-state index contributed by atoms with van der Waals surface area (Å²) in [6.45, 7) is 7.10. The molecule has 0 spiro atoms. The number of carbonyl (C=O) groups excluding carboxylic acids is 1. The van der Waals surface area contributed by atoms with Crippen molar-refractivity contribution in [1.29, 1.82) is 0 Å². The van der Waals surface area contributed by atoms with Crippen LogP contribution in [0.25, 0.3) is 0 Å². The van der Waals surface area contributed by atoms with Crippen LogP contribution >= 0.6 is 0 Å². The third-order valence-electron chi connectivity index (χ3n) is 4.26. The zero-order valence-corrected chi connectivity index (χ0v) is 14.4. The van der Waals surface area contributed by atoms with E-state index in [1.807, 2.05) is 43.0 Å². The molecule has 1 saturated heterocycles. The first kappa shape index (κ1) is 16.4. The summed E-state index contributed by atoms with van der Waals surface area (Å²) in [6, 6.07) is 9.73. The highest BCUT2D eigenvalue weighted by molar-refractivity contribution is 5.93. The fraction of sp³-hybridized carbons (Fsp3) is 0.389. The van der Waals surface area contributed by atoms with Crippen LogP contribution in [0.3, 0.4) is 0 Å². The Morgan fingerprint density at radius 2 is 1.79 bits per heavy atom. The van der Waals surface area contributed by atoms with Gasteiger partial charge in [0.25, 0.3) is 5.91 Å². The third kappa shape index (κ3) is 3.71. The smallest absolute Gasteiger partial charge is 0.272 e. The summed E-state index contributed by atoms with van der Waals surface area (Å²) in [4.78, 5) is 25.5. The predicted octanol–water partition coefficient (Wildman–Crippen LogP) is 2.22. The number of nitrogens with one attached hydrogen (secondary N) is 1. The fourth-order valence-corrected chi connectivity index (χ4v) is 2.76. The molecule has 1 amide bonds. The number of rotatable bonds is 3. The summed E-state index contributed by atoms with van der Waals surface area (Å²) in [5.41, 5.74) is 2.55. The molecule has 0 radical (unpaired) electrons. The van der Waals surface area contributed by atoms with Crippen LogP contribution in [0.5, 0.6) is 0 Å². The topological polar surface area (TPSA) is 61.4 Å². The lowest BCUT2D eigenvalue weighted by atomic mass is 10.2. The molecule has 1 aromatic heterocycles. The number of piperazine rings is 1. The summed E-state index contributed by atoms with van der Waals surface area (Å²) < 4.78 is 0. The first-order chi connectivity index (χ1) is 11.5. The molecule has 24 heavy (non-hydrogen) atoms. The van der Waals surface area contributed by atoms with Crippen molar-refractivity contribution in [3.8, 4) is 0 Å². The second kappa shape index (κ2) is 6.97. The molecule has 6 heteroatoms. The first-order valence-electron chi connectivity index (χ1n) is 8.19. The van der Waals surface area contributed by atoms with Crippen LogP contribution in [-0.4, -0.2) is 58.9 Å². The van der Waals surface area contributed by atoms with E-state index >= 15 is 0 Å². The molecular weight excluding hydrogens is 302 g/mol. The maximum absolute atomic E-state index is 12.7. The molecular formula is C18H23N5O. The molecule has 1 aromatic carbocycles. The van der Waals surface area contributed by atoms with Gasteiger partial charge >= 0.3 is 0 Å². The van der Waals surface area contributed by atoms with Crippen molar-refractivity contribution in [3.05, 3.63) is 47.4 Å². The second-order valence-corrected chi connectivity index (χ2v) is 6.22. The Labute approximate surface area is 142 Å². The number of benzene rings is 1. The minimum Gasteiger partial charge on any atom is -0.340 e. The van der Waals surface area contributed by atoms with Crippen LogP contribution in [0.4, 0.5) is 11.5 Å². The molecule has 0 aliphatic carbocycles. The van der Waals surface area contributed by atoms with Crippen molar-refractivity contribution < 1.29 is 4.79 Å². The second-order valence-electron chi connectivity index (χ2n) is 6.22. The van der Waals surface area contributed by atoms with E-state index < -0.39 is 0 Å². The molecule has 1 aliphatic rings. The van der Waals surface area contributed by atoms with Gasteiger partial charge in [-0.15, -0.1) is 0 Å². The highest BCUT2D eigenvalue weighted by Gasteiger charge is 2.22. The van der Waals surface area contributed by atoms with Crippen molar-refractivity contribution in [2.24, 2.45) is 0 Å². The summed E-state index contributed by atoms with van der Waals surface area (Å²) >= 11 is 0. The Hall–Kier alpha value is -2.47. The molecule has 1 fully saturated rings. The molecule has 0 saturated carbocycles. The average Bonchev–Trinajstić information content (AvgIpc) is 2.56. The van der Waals surface area contributed by atoms with Crippen LogP contribution in [0, 0.1) is 13.8 Å². The van der Waals surface area contributed by atoms with Crippen LogP contribution in [0.15, 0.2) is 30.3 Å². The van der Waals surface area contributed by atoms with Gasteiger partial charge in [0.2, 0.25) is 0 Å². The third-order valence-corrected chi connectivity index (χ3v) is 4.26. The van der Waals surface area contributed by atoms with Gasteiger partial charge in [-0.2, -0.15) is 0 Å². The van der Waals surface area contributed by atoms with E-state index in [0.717, 1.165) is 37.4 Å². The van der Waals surface area contributed by atoms with Gasteiger partial charge in [0.15, 0.2) is 0 Å². The van der Waals surface area contributed by atoms with Crippen molar-refractivity contribution in [1.82, 2.24) is 19.8 Å². The van der Waals surface area contributed by atoms with E-state index in [9.17, 15) is 4.79 Å². The number of nitrogens with zero attached hydrogens (tertiary/aromatic N) is 4. The average molecular weight is 325 g/mol. The molecule has 2 heterocycles. The van der Waals surface area contributed by atoms with Gasteiger partial charge in [0.05, 0.1) is 0 Å². The summed E-state index contributed by atoms with van der Waals surface area (Å²) in [5.74, 6) is 1.21. The first-order valence-corrected chi connectivity index (χ1v) is 8.19. The van der Waals surface area contributed by atoms with Crippen LogP contribution < -0.4 is 5.32 Å². The largest absolute Gasteiger partial charge is 0.340 e. The van der Waals surface area contributed by atoms with Crippen molar-refractivity contribution in [2.75, 3.05) is 38.5 Å². The normalized spacial score (nSPS) is 15.4. The molecule has 0 bridgehead atoms. The number of carbonyl (C=O) groups is 1.